The SMILES string of the molecule is CCS(=O)(=O)N1CCCC(C(=O)N2CCN(c3ccc(OC)cc3)CC2)C1. The second kappa shape index (κ2) is 8.48. The maximum Gasteiger partial charge on any atom is 0.227 e. The lowest BCUT2D eigenvalue weighted by Crippen LogP contribution is -2.53. The molecule has 2 aliphatic heterocycles. The molecule has 1 aromatic rings. The molecule has 2 aliphatic rings. The van der Waals surface area contributed by atoms with Gasteiger partial charge in [-0.25, -0.2) is 12.7 Å². The summed E-state index contributed by atoms with van der Waals surface area (Å²) >= 11 is 0. The molecule has 27 heavy (non-hydrogen) atoms. The van der Waals surface area contributed by atoms with Crippen LogP contribution in [0.15, 0.2) is 24.3 Å². The number of piperidine rings is 1. The largest absolute Gasteiger partial charge is 0.497 e. The van der Waals surface area contributed by atoms with Gasteiger partial charge in [-0.05, 0) is 44.0 Å². The molecule has 2 heterocycles. The Morgan fingerprint density at radius 2 is 1.78 bits per heavy atom. The Labute approximate surface area is 161 Å². The Kier molecular flexibility index (Phi) is 6.26. The van der Waals surface area contributed by atoms with Crippen LogP contribution in [0.25, 0.3) is 0 Å². The van der Waals surface area contributed by atoms with Crippen molar-refractivity contribution in [3.63, 3.8) is 0 Å². The van der Waals surface area contributed by atoms with Gasteiger partial charge < -0.3 is 14.5 Å². The van der Waals surface area contributed by atoms with Crippen molar-refractivity contribution >= 4 is 21.6 Å². The van der Waals surface area contributed by atoms with Crippen molar-refractivity contribution in [2.45, 2.75) is 19.8 Å². The first-order valence-electron chi connectivity index (χ1n) is 9.60. The third-order valence-corrected chi connectivity index (χ3v) is 7.37. The van der Waals surface area contributed by atoms with E-state index in [0.717, 1.165) is 37.4 Å². The topological polar surface area (TPSA) is 70.2 Å². The van der Waals surface area contributed by atoms with E-state index in [4.69, 9.17) is 4.74 Å². The van der Waals surface area contributed by atoms with Gasteiger partial charge in [-0.2, -0.15) is 0 Å². The van der Waals surface area contributed by atoms with E-state index >= 15 is 0 Å². The van der Waals surface area contributed by atoms with E-state index in [9.17, 15) is 13.2 Å². The fraction of sp³-hybridized carbons (Fsp3) is 0.632. The van der Waals surface area contributed by atoms with E-state index in [1.807, 2.05) is 29.2 Å². The number of carbonyl (C=O) groups excluding carboxylic acids is 1. The van der Waals surface area contributed by atoms with Crippen molar-refractivity contribution in [2.75, 3.05) is 57.0 Å². The summed E-state index contributed by atoms with van der Waals surface area (Å²) in [6.45, 7) is 5.41. The molecular formula is C19H29N3O4S. The van der Waals surface area contributed by atoms with Gasteiger partial charge in [-0.15, -0.1) is 0 Å². The first kappa shape index (κ1) is 19.9. The molecule has 1 aromatic carbocycles. The van der Waals surface area contributed by atoms with E-state index in [-0.39, 0.29) is 17.6 Å². The van der Waals surface area contributed by atoms with Gasteiger partial charge in [0.25, 0.3) is 0 Å². The summed E-state index contributed by atoms with van der Waals surface area (Å²) < 4.78 is 30.9. The summed E-state index contributed by atoms with van der Waals surface area (Å²) in [5.74, 6) is 0.804. The number of piperazine rings is 1. The summed E-state index contributed by atoms with van der Waals surface area (Å²) in [5.41, 5.74) is 1.13. The molecule has 3 rings (SSSR count). The zero-order valence-corrected chi connectivity index (χ0v) is 17.0. The van der Waals surface area contributed by atoms with E-state index in [1.54, 1.807) is 14.0 Å². The molecule has 0 aliphatic carbocycles. The molecule has 150 valence electrons. The van der Waals surface area contributed by atoms with Crippen molar-refractivity contribution in [1.29, 1.82) is 0 Å². The van der Waals surface area contributed by atoms with Gasteiger partial charge in [0.2, 0.25) is 15.9 Å². The fourth-order valence-corrected chi connectivity index (χ4v) is 4.99. The third kappa shape index (κ3) is 4.55. The van der Waals surface area contributed by atoms with Crippen LogP contribution < -0.4 is 9.64 Å². The van der Waals surface area contributed by atoms with Crippen LogP contribution in [0.4, 0.5) is 5.69 Å². The van der Waals surface area contributed by atoms with Crippen LogP contribution >= 0.6 is 0 Å². The molecule has 0 saturated carbocycles. The van der Waals surface area contributed by atoms with Crippen LogP contribution in [0.2, 0.25) is 0 Å². The highest BCUT2D eigenvalue weighted by atomic mass is 32.2. The highest BCUT2D eigenvalue weighted by molar-refractivity contribution is 7.89. The number of hydrogen-bond donors (Lipinski definition) is 0. The van der Waals surface area contributed by atoms with Gasteiger partial charge in [0.1, 0.15) is 5.75 Å². The molecule has 8 heteroatoms. The minimum atomic E-state index is -3.22. The minimum Gasteiger partial charge on any atom is -0.497 e. The Morgan fingerprint density at radius 3 is 2.37 bits per heavy atom. The van der Waals surface area contributed by atoms with Crippen LogP contribution in [0.3, 0.4) is 0 Å². The number of rotatable bonds is 5. The fourth-order valence-electron chi connectivity index (χ4n) is 3.82. The van der Waals surface area contributed by atoms with E-state index in [0.29, 0.717) is 26.2 Å². The molecule has 1 atom stereocenters. The van der Waals surface area contributed by atoms with Crippen molar-refractivity contribution in [2.24, 2.45) is 5.92 Å². The third-order valence-electron chi connectivity index (χ3n) is 5.52. The lowest BCUT2D eigenvalue weighted by Gasteiger charge is -2.39. The van der Waals surface area contributed by atoms with E-state index in [1.165, 1.54) is 4.31 Å². The molecule has 7 nitrogen and oxygen atoms in total. The van der Waals surface area contributed by atoms with Gasteiger partial charge in [0.15, 0.2) is 0 Å². The number of methoxy groups -OCH3 is 1. The number of carbonyl (C=O) groups is 1. The van der Waals surface area contributed by atoms with E-state index in [2.05, 4.69) is 4.90 Å². The molecule has 0 bridgehead atoms. The second-order valence-corrected chi connectivity index (χ2v) is 9.37. The maximum absolute atomic E-state index is 12.9. The first-order chi connectivity index (χ1) is 12.9. The number of hydrogen-bond acceptors (Lipinski definition) is 5. The summed E-state index contributed by atoms with van der Waals surface area (Å²) in [5, 5.41) is 0. The molecule has 2 fully saturated rings. The highest BCUT2D eigenvalue weighted by Gasteiger charge is 2.34. The molecule has 0 aromatic heterocycles. The van der Waals surface area contributed by atoms with Crippen molar-refractivity contribution < 1.29 is 17.9 Å². The van der Waals surface area contributed by atoms with Crippen molar-refractivity contribution in [3.8, 4) is 5.75 Å². The lowest BCUT2D eigenvalue weighted by molar-refractivity contribution is -0.137. The molecule has 1 unspecified atom stereocenters. The monoisotopic (exact) mass is 395 g/mol. The summed E-state index contributed by atoms with van der Waals surface area (Å²) in [4.78, 5) is 17.1. The Balaban J connectivity index is 1.56. The average Bonchev–Trinajstić information content (AvgIpc) is 2.73. The van der Waals surface area contributed by atoms with Crippen molar-refractivity contribution in [3.05, 3.63) is 24.3 Å². The molecule has 0 radical (unpaired) electrons. The van der Waals surface area contributed by atoms with Crippen LogP contribution in [0, 0.1) is 5.92 Å². The number of nitrogens with zero attached hydrogens (tertiary/aromatic N) is 3. The Bertz CT molecular complexity index is 743. The van der Waals surface area contributed by atoms with Crippen LogP contribution in [0.1, 0.15) is 19.8 Å². The van der Waals surface area contributed by atoms with Crippen LogP contribution in [0.5, 0.6) is 5.75 Å². The minimum absolute atomic E-state index is 0.0917. The molecule has 2 saturated heterocycles. The van der Waals surface area contributed by atoms with Gasteiger partial charge in [0.05, 0.1) is 18.8 Å². The summed E-state index contributed by atoms with van der Waals surface area (Å²) in [7, 11) is -1.57. The molecule has 0 N–H and O–H groups in total. The number of benzene rings is 1. The number of sulfonamides is 1. The number of ether oxygens (including phenoxy) is 1. The smallest absolute Gasteiger partial charge is 0.227 e. The van der Waals surface area contributed by atoms with Gasteiger partial charge in [-0.3, -0.25) is 4.79 Å². The number of amides is 1. The lowest BCUT2D eigenvalue weighted by atomic mass is 9.97. The average molecular weight is 396 g/mol. The predicted octanol–water partition coefficient (Wildman–Crippen LogP) is 1.41. The molecule has 1 amide bonds. The van der Waals surface area contributed by atoms with Crippen molar-refractivity contribution in [1.82, 2.24) is 9.21 Å². The standard InChI is InChI=1S/C19H29N3O4S/c1-3-27(24,25)22-10-4-5-16(15-22)19(23)21-13-11-20(12-14-21)17-6-8-18(26-2)9-7-17/h6-9,16H,3-5,10-15H2,1-2H3. The second-order valence-electron chi connectivity index (χ2n) is 7.11. The quantitative estimate of drug-likeness (QED) is 0.754. The van der Waals surface area contributed by atoms with Gasteiger partial charge in [0, 0.05) is 45.0 Å². The summed E-state index contributed by atoms with van der Waals surface area (Å²) in [6.07, 6.45) is 1.52. The zero-order chi connectivity index (χ0) is 19.4. The molecule has 0 spiro atoms. The Hall–Kier alpha value is -1.80. The number of anilines is 1. The van der Waals surface area contributed by atoms with E-state index < -0.39 is 10.0 Å². The van der Waals surface area contributed by atoms with Gasteiger partial charge in [-0.1, -0.05) is 0 Å². The first-order valence-corrected chi connectivity index (χ1v) is 11.2. The Morgan fingerprint density at radius 1 is 1.11 bits per heavy atom. The maximum atomic E-state index is 12.9. The van der Waals surface area contributed by atoms with Gasteiger partial charge >= 0.3 is 0 Å². The zero-order valence-electron chi connectivity index (χ0n) is 16.1. The molecular weight excluding hydrogens is 366 g/mol. The summed E-state index contributed by atoms with van der Waals surface area (Å²) in [6, 6.07) is 7.95. The predicted molar refractivity (Wildman–Crippen MR) is 106 cm³/mol. The van der Waals surface area contributed by atoms with Crippen LogP contribution in [-0.4, -0.2) is 75.7 Å². The normalized spacial score (nSPS) is 21.9. The highest BCUT2D eigenvalue weighted by Crippen LogP contribution is 2.24. The van der Waals surface area contributed by atoms with Crippen LogP contribution in [-0.2, 0) is 14.8 Å².